The minimum Gasteiger partial charge on any atom is -0.355 e. The molecule has 1 amide bonds. The predicted octanol–water partition coefficient (Wildman–Crippen LogP) is 2.00. The maximum absolute atomic E-state index is 12.0. The van der Waals surface area contributed by atoms with E-state index in [4.69, 9.17) is 9.26 Å². The first-order valence-electron chi connectivity index (χ1n) is 7.74. The Kier molecular flexibility index (Phi) is 4.38. The molecule has 3 heterocycles. The van der Waals surface area contributed by atoms with E-state index in [2.05, 4.69) is 22.0 Å². The van der Waals surface area contributed by atoms with Crippen LogP contribution in [0.5, 0.6) is 0 Å². The van der Waals surface area contributed by atoms with Crippen LogP contribution in [0.3, 0.4) is 0 Å². The van der Waals surface area contributed by atoms with E-state index in [9.17, 15) is 4.79 Å². The molecule has 1 aliphatic rings. The predicted molar refractivity (Wildman–Crippen MR) is 82.4 cm³/mol. The number of carbonyl (C=O) groups excluding carboxylic acids is 1. The summed E-state index contributed by atoms with van der Waals surface area (Å²) < 4.78 is 11.1. The summed E-state index contributed by atoms with van der Waals surface area (Å²) in [6.45, 7) is 2.05. The first-order chi connectivity index (χ1) is 11.1. The second-order valence-corrected chi connectivity index (χ2v) is 5.74. The van der Waals surface area contributed by atoms with Crippen molar-refractivity contribution in [1.29, 1.82) is 0 Å². The second-order valence-electron chi connectivity index (χ2n) is 5.74. The quantitative estimate of drug-likeness (QED) is 0.858. The second kappa shape index (κ2) is 6.45. The van der Waals surface area contributed by atoms with Gasteiger partial charge < -0.3 is 14.2 Å². The molecule has 1 aliphatic heterocycles. The van der Waals surface area contributed by atoms with Gasteiger partial charge in [-0.05, 0) is 30.9 Å². The Balaban J connectivity index is 1.77. The Morgan fingerprint density at radius 2 is 2.22 bits per heavy atom. The highest BCUT2D eigenvalue weighted by Gasteiger charge is 2.35. The van der Waals surface area contributed by atoms with Gasteiger partial charge in [-0.25, -0.2) is 0 Å². The van der Waals surface area contributed by atoms with Gasteiger partial charge in [-0.3, -0.25) is 9.78 Å². The number of amides is 1. The highest BCUT2D eigenvalue weighted by Crippen LogP contribution is 2.33. The summed E-state index contributed by atoms with van der Waals surface area (Å²) in [5.74, 6) is 0.829. The summed E-state index contributed by atoms with van der Waals surface area (Å²) in [5, 5.41) is 4.02. The van der Waals surface area contributed by atoms with Crippen molar-refractivity contribution >= 4 is 5.91 Å². The SMILES string of the molecule is CCc1cccnc1-c1noc([C@@H]2CC[C@H](C(=O)N(C)C)O2)n1. The number of pyridine rings is 1. The maximum atomic E-state index is 12.0. The molecule has 1 fully saturated rings. The van der Waals surface area contributed by atoms with Gasteiger partial charge in [0, 0.05) is 20.3 Å². The molecule has 0 spiro atoms. The molecule has 23 heavy (non-hydrogen) atoms. The first kappa shape index (κ1) is 15.6. The minimum absolute atomic E-state index is 0.0368. The Labute approximate surface area is 134 Å². The van der Waals surface area contributed by atoms with E-state index in [1.807, 2.05) is 12.1 Å². The monoisotopic (exact) mass is 316 g/mol. The third kappa shape index (κ3) is 3.10. The van der Waals surface area contributed by atoms with Crippen molar-refractivity contribution in [2.75, 3.05) is 14.1 Å². The summed E-state index contributed by atoms with van der Waals surface area (Å²) >= 11 is 0. The topological polar surface area (TPSA) is 81.4 Å². The molecule has 0 radical (unpaired) electrons. The molecule has 7 heteroatoms. The summed E-state index contributed by atoms with van der Waals surface area (Å²) in [6, 6.07) is 3.89. The smallest absolute Gasteiger partial charge is 0.256 e. The van der Waals surface area contributed by atoms with E-state index in [0.717, 1.165) is 17.7 Å². The van der Waals surface area contributed by atoms with Crippen molar-refractivity contribution in [3.63, 3.8) is 0 Å². The van der Waals surface area contributed by atoms with Crippen molar-refractivity contribution in [3.8, 4) is 11.5 Å². The highest BCUT2D eigenvalue weighted by atomic mass is 16.5. The van der Waals surface area contributed by atoms with E-state index in [-0.39, 0.29) is 12.0 Å². The minimum atomic E-state index is -0.439. The average Bonchev–Trinajstić information content (AvgIpc) is 3.23. The molecular formula is C16H20N4O3. The third-order valence-corrected chi connectivity index (χ3v) is 3.94. The molecule has 0 saturated carbocycles. The lowest BCUT2D eigenvalue weighted by atomic mass is 10.1. The van der Waals surface area contributed by atoms with Gasteiger partial charge in [0.25, 0.3) is 11.8 Å². The van der Waals surface area contributed by atoms with E-state index in [1.165, 1.54) is 4.90 Å². The van der Waals surface area contributed by atoms with Crippen LogP contribution in [0.15, 0.2) is 22.9 Å². The molecule has 2 atom stereocenters. The van der Waals surface area contributed by atoms with Crippen molar-refractivity contribution in [2.24, 2.45) is 0 Å². The van der Waals surface area contributed by atoms with Gasteiger partial charge in [-0.2, -0.15) is 4.98 Å². The van der Waals surface area contributed by atoms with Crippen LogP contribution in [-0.2, 0) is 16.0 Å². The molecule has 0 N–H and O–H groups in total. The summed E-state index contributed by atoms with van der Waals surface area (Å²) in [7, 11) is 3.44. The number of hydrogen-bond donors (Lipinski definition) is 0. The highest BCUT2D eigenvalue weighted by molar-refractivity contribution is 5.80. The molecule has 2 aromatic rings. The third-order valence-electron chi connectivity index (χ3n) is 3.94. The zero-order chi connectivity index (χ0) is 16.4. The zero-order valence-corrected chi connectivity index (χ0v) is 13.5. The molecule has 122 valence electrons. The van der Waals surface area contributed by atoms with E-state index >= 15 is 0 Å². The number of likely N-dealkylation sites (N-methyl/N-ethyl adjacent to an activating group) is 1. The molecule has 3 rings (SSSR count). The number of aryl methyl sites for hydroxylation is 1. The van der Waals surface area contributed by atoms with Gasteiger partial charge >= 0.3 is 0 Å². The van der Waals surface area contributed by atoms with Gasteiger partial charge in [0.15, 0.2) is 0 Å². The van der Waals surface area contributed by atoms with Crippen molar-refractivity contribution in [3.05, 3.63) is 29.8 Å². The Bertz CT molecular complexity index is 698. The van der Waals surface area contributed by atoms with Gasteiger partial charge in [0.2, 0.25) is 5.82 Å². The summed E-state index contributed by atoms with van der Waals surface area (Å²) in [5.41, 5.74) is 1.79. The lowest BCUT2D eigenvalue weighted by Gasteiger charge is -2.15. The van der Waals surface area contributed by atoms with Crippen LogP contribution in [0.1, 0.15) is 37.3 Å². The molecule has 0 aliphatic carbocycles. The zero-order valence-electron chi connectivity index (χ0n) is 13.5. The van der Waals surface area contributed by atoms with Crippen molar-refractivity contribution in [2.45, 2.75) is 38.4 Å². The number of hydrogen-bond acceptors (Lipinski definition) is 6. The fourth-order valence-corrected chi connectivity index (χ4v) is 2.68. The number of ether oxygens (including phenoxy) is 1. The fraction of sp³-hybridized carbons (Fsp3) is 0.500. The summed E-state index contributed by atoms with van der Waals surface area (Å²) in [4.78, 5) is 22.3. The number of rotatable bonds is 4. The van der Waals surface area contributed by atoms with Crippen LogP contribution in [0, 0.1) is 0 Å². The van der Waals surface area contributed by atoms with E-state index in [1.54, 1.807) is 20.3 Å². The van der Waals surface area contributed by atoms with Gasteiger partial charge in [-0.1, -0.05) is 18.1 Å². The Morgan fingerprint density at radius 1 is 1.39 bits per heavy atom. The lowest BCUT2D eigenvalue weighted by molar-refractivity contribution is -0.140. The van der Waals surface area contributed by atoms with Gasteiger partial charge in [0.05, 0.1) is 0 Å². The normalized spacial score (nSPS) is 20.7. The van der Waals surface area contributed by atoms with Crippen LogP contribution < -0.4 is 0 Å². The largest absolute Gasteiger partial charge is 0.355 e. The Hall–Kier alpha value is -2.28. The van der Waals surface area contributed by atoms with E-state index < -0.39 is 6.10 Å². The molecular weight excluding hydrogens is 296 g/mol. The lowest BCUT2D eigenvalue weighted by Crippen LogP contribution is -2.33. The molecule has 2 aromatic heterocycles. The number of nitrogens with zero attached hydrogens (tertiary/aromatic N) is 4. The molecule has 7 nitrogen and oxygen atoms in total. The molecule has 0 aromatic carbocycles. The van der Waals surface area contributed by atoms with Crippen LogP contribution in [0.2, 0.25) is 0 Å². The van der Waals surface area contributed by atoms with Crippen molar-refractivity contribution in [1.82, 2.24) is 20.0 Å². The first-order valence-corrected chi connectivity index (χ1v) is 7.74. The summed E-state index contributed by atoms with van der Waals surface area (Å²) in [6.07, 6.45) is 3.12. The van der Waals surface area contributed by atoms with Gasteiger partial charge in [-0.15, -0.1) is 0 Å². The fourth-order valence-electron chi connectivity index (χ4n) is 2.68. The van der Waals surface area contributed by atoms with Crippen molar-refractivity contribution < 1.29 is 14.1 Å². The standard InChI is InChI=1S/C16H20N4O3/c1-4-10-6-5-9-17-13(10)14-18-15(23-19-14)11-7-8-12(22-11)16(21)20(2)3/h5-6,9,11-12H,4,7-8H2,1-3H3/t11-,12+/m0/s1. The number of carbonyl (C=O) groups is 1. The van der Waals surface area contributed by atoms with Crippen LogP contribution in [0.4, 0.5) is 0 Å². The molecule has 1 saturated heterocycles. The van der Waals surface area contributed by atoms with E-state index in [0.29, 0.717) is 24.6 Å². The molecule has 0 bridgehead atoms. The Morgan fingerprint density at radius 3 is 2.96 bits per heavy atom. The van der Waals surface area contributed by atoms with Crippen LogP contribution >= 0.6 is 0 Å². The average molecular weight is 316 g/mol. The maximum Gasteiger partial charge on any atom is 0.256 e. The molecule has 0 unspecified atom stereocenters. The number of aromatic nitrogens is 3. The van der Waals surface area contributed by atoms with Crippen LogP contribution in [0.25, 0.3) is 11.5 Å². The van der Waals surface area contributed by atoms with Crippen LogP contribution in [-0.4, -0.2) is 46.1 Å². The van der Waals surface area contributed by atoms with Gasteiger partial charge in [0.1, 0.15) is 17.9 Å².